The predicted octanol–water partition coefficient (Wildman–Crippen LogP) is 2.73. The molecule has 0 aromatic heterocycles. The van der Waals surface area contributed by atoms with Crippen LogP contribution in [0.5, 0.6) is 0 Å². The van der Waals surface area contributed by atoms with E-state index in [0.717, 1.165) is 16.7 Å². The highest BCUT2D eigenvalue weighted by Crippen LogP contribution is 2.28. The smallest absolute Gasteiger partial charge is 0.319 e. The largest absolute Gasteiger partial charge is 0.334 e. The molecule has 1 saturated heterocycles. The normalized spacial score (nSPS) is 17.9. The molecule has 9 heteroatoms. The Morgan fingerprint density at radius 3 is 2.74 bits per heavy atom. The Bertz CT molecular complexity index is 1080. The van der Waals surface area contributed by atoms with Crippen molar-refractivity contribution >= 4 is 41.0 Å². The van der Waals surface area contributed by atoms with Gasteiger partial charge >= 0.3 is 6.03 Å². The fourth-order valence-electron chi connectivity index (χ4n) is 3.90. The van der Waals surface area contributed by atoms with Crippen LogP contribution in [0.2, 0.25) is 5.02 Å². The van der Waals surface area contributed by atoms with Crippen LogP contribution in [-0.4, -0.2) is 34.7 Å². The summed E-state index contributed by atoms with van der Waals surface area (Å²) in [5.74, 6) is -0.977. The highest BCUT2D eigenvalue weighted by atomic mass is 35.5. The lowest BCUT2D eigenvalue weighted by atomic mass is 10.0. The molecule has 1 fully saturated rings. The summed E-state index contributed by atoms with van der Waals surface area (Å²) in [6.07, 6.45) is 0.537. The zero-order valence-electron chi connectivity index (χ0n) is 16.8. The van der Waals surface area contributed by atoms with E-state index in [9.17, 15) is 19.2 Å². The molecular formula is C22H21ClN4O4. The van der Waals surface area contributed by atoms with Crippen molar-refractivity contribution in [2.24, 2.45) is 0 Å². The number of amides is 5. The van der Waals surface area contributed by atoms with Crippen LogP contribution in [0.25, 0.3) is 0 Å². The van der Waals surface area contributed by atoms with Gasteiger partial charge in [0.15, 0.2) is 0 Å². The number of piperidine rings is 1. The van der Waals surface area contributed by atoms with Crippen molar-refractivity contribution in [3.63, 3.8) is 0 Å². The summed E-state index contributed by atoms with van der Waals surface area (Å²) in [5, 5.41) is 8.36. The quantitative estimate of drug-likeness (QED) is 0.635. The molecule has 2 aliphatic rings. The maximum Gasteiger partial charge on any atom is 0.319 e. The molecule has 0 spiro atoms. The van der Waals surface area contributed by atoms with Crippen molar-refractivity contribution in [1.82, 2.24) is 15.5 Å². The van der Waals surface area contributed by atoms with Gasteiger partial charge in [0.25, 0.3) is 5.91 Å². The number of imide groups is 1. The molecule has 31 heavy (non-hydrogen) atoms. The number of hydrogen-bond acceptors (Lipinski definition) is 4. The van der Waals surface area contributed by atoms with Gasteiger partial charge in [-0.15, -0.1) is 0 Å². The molecule has 3 N–H and O–H groups in total. The van der Waals surface area contributed by atoms with Gasteiger partial charge < -0.3 is 15.5 Å². The molecule has 0 radical (unpaired) electrons. The van der Waals surface area contributed by atoms with Crippen molar-refractivity contribution in [3.8, 4) is 0 Å². The van der Waals surface area contributed by atoms with Crippen LogP contribution in [0.15, 0.2) is 36.4 Å². The van der Waals surface area contributed by atoms with E-state index in [2.05, 4.69) is 16.0 Å². The minimum absolute atomic E-state index is 0.215. The fourth-order valence-corrected chi connectivity index (χ4v) is 4.19. The van der Waals surface area contributed by atoms with E-state index < -0.39 is 11.9 Å². The van der Waals surface area contributed by atoms with Gasteiger partial charge in [-0.05, 0) is 54.3 Å². The lowest BCUT2D eigenvalue weighted by molar-refractivity contribution is -0.136. The highest BCUT2D eigenvalue weighted by molar-refractivity contribution is 6.31. The fraction of sp³-hybridized carbons (Fsp3) is 0.273. The average molecular weight is 441 g/mol. The lowest BCUT2D eigenvalue weighted by Crippen LogP contribution is -2.52. The zero-order valence-corrected chi connectivity index (χ0v) is 17.6. The monoisotopic (exact) mass is 440 g/mol. The number of nitrogens with one attached hydrogen (secondary N) is 3. The molecule has 2 aliphatic heterocycles. The first-order chi connectivity index (χ1) is 14.8. The molecule has 160 valence electrons. The number of fused-ring (bicyclic) bond motifs is 1. The number of carbonyl (C=O) groups excluding carboxylic acids is 4. The second-order valence-electron chi connectivity index (χ2n) is 7.72. The summed E-state index contributed by atoms with van der Waals surface area (Å²) in [6, 6.07) is 9.59. The Labute approximate surface area is 183 Å². The summed E-state index contributed by atoms with van der Waals surface area (Å²) in [5.41, 5.74) is 3.69. The van der Waals surface area contributed by atoms with Gasteiger partial charge in [0.2, 0.25) is 11.8 Å². The van der Waals surface area contributed by atoms with Crippen LogP contribution in [0, 0.1) is 6.92 Å². The SMILES string of the molecule is Cc1cc(Cl)cc(NC(=O)NCc2ccc3c(c2)CN(C2CCC(=O)NC2=O)C3=O)c1. The molecule has 1 unspecified atom stereocenters. The second kappa shape index (κ2) is 8.39. The standard InChI is InChI=1S/C22H21ClN4O4/c1-12-6-15(23)9-16(7-12)25-22(31)24-10-13-2-3-17-14(8-13)11-27(21(17)30)18-4-5-19(28)26-20(18)29/h2-3,6-9,18H,4-5,10-11H2,1H3,(H2,24,25,31)(H,26,28,29). The van der Waals surface area contributed by atoms with Crippen molar-refractivity contribution in [2.45, 2.75) is 38.9 Å². The molecule has 4 rings (SSSR count). The van der Waals surface area contributed by atoms with Gasteiger partial charge in [-0.25, -0.2) is 4.79 Å². The summed E-state index contributed by atoms with van der Waals surface area (Å²) in [6.45, 7) is 2.45. The summed E-state index contributed by atoms with van der Waals surface area (Å²) in [4.78, 5) is 50.0. The molecular weight excluding hydrogens is 420 g/mol. The minimum Gasteiger partial charge on any atom is -0.334 e. The van der Waals surface area contributed by atoms with E-state index in [1.165, 1.54) is 4.90 Å². The molecule has 8 nitrogen and oxygen atoms in total. The first kappa shape index (κ1) is 20.9. The van der Waals surface area contributed by atoms with Gasteiger partial charge in [0, 0.05) is 35.8 Å². The first-order valence-electron chi connectivity index (χ1n) is 9.88. The van der Waals surface area contributed by atoms with Gasteiger partial charge in [0.1, 0.15) is 6.04 Å². The van der Waals surface area contributed by atoms with Crippen molar-refractivity contribution in [1.29, 1.82) is 0 Å². The molecule has 0 aliphatic carbocycles. The minimum atomic E-state index is -0.647. The number of halogens is 1. The molecule has 5 amide bonds. The van der Waals surface area contributed by atoms with E-state index in [0.29, 0.717) is 29.2 Å². The summed E-state index contributed by atoms with van der Waals surface area (Å²) < 4.78 is 0. The van der Waals surface area contributed by atoms with Crippen LogP contribution < -0.4 is 16.0 Å². The summed E-state index contributed by atoms with van der Waals surface area (Å²) >= 11 is 6.01. The highest BCUT2D eigenvalue weighted by Gasteiger charge is 2.39. The van der Waals surface area contributed by atoms with Crippen LogP contribution in [0.3, 0.4) is 0 Å². The number of hydrogen-bond donors (Lipinski definition) is 3. The van der Waals surface area contributed by atoms with Crippen LogP contribution in [0.1, 0.15) is 39.9 Å². The van der Waals surface area contributed by atoms with Gasteiger partial charge in [-0.1, -0.05) is 23.7 Å². The number of carbonyl (C=O) groups is 4. The number of urea groups is 1. The van der Waals surface area contributed by atoms with Crippen LogP contribution in [0.4, 0.5) is 10.5 Å². The maximum atomic E-state index is 12.7. The third kappa shape index (κ3) is 4.54. The van der Waals surface area contributed by atoms with Crippen LogP contribution in [-0.2, 0) is 22.7 Å². The Hall–Kier alpha value is -3.39. The van der Waals surface area contributed by atoms with E-state index in [-0.39, 0.29) is 30.8 Å². The third-order valence-electron chi connectivity index (χ3n) is 5.34. The Balaban J connectivity index is 1.38. The Morgan fingerprint density at radius 1 is 1.19 bits per heavy atom. The van der Waals surface area contributed by atoms with Crippen molar-refractivity contribution < 1.29 is 19.2 Å². The van der Waals surface area contributed by atoms with Gasteiger partial charge in [-0.3, -0.25) is 19.7 Å². The first-order valence-corrected chi connectivity index (χ1v) is 10.3. The lowest BCUT2D eigenvalue weighted by Gasteiger charge is -2.29. The zero-order chi connectivity index (χ0) is 22.1. The summed E-state index contributed by atoms with van der Waals surface area (Å²) in [7, 11) is 0. The van der Waals surface area contributed by atoms with E-state index in [4.69, 9.17) is 11.6 Å². The Morgan fingerprint density at radius 2 is 2.00 bits per heavy atom. The molecule has 2 heterocycles. The maximum absolute atomic E-state index is 12.7. The third-order valence-corrected chi connectivity index (χ3v) is 5.56. The van der Waals surface area contributed by atoms with Crippen molar-refractivity contribution in [2.75, 3.05) is 5.32 Å². The Kier molecular flexibility index (Phi) is 5.65. The molecule has 1 atom stereocenters. The topological polar surface area (TPSA) is 108 Å². The van der Waals surface area contributed by atoms with E-state index in [1.807, 2.05) is 19.1 Å². The molecule has 2 aromatic rings. The van der Waals surface area contributed by atoms with Gasteiger partial charge in [-0.2, -0.15) is 0 Å². The molecule has 0 bridgehead atoms. The number of benzene rings is 2. The van der Waals surface area contributed by atoms with Gasteiger partial charge in [0.05, 0.1) is 0 Å². The predicted molar refractivity (Wildman–Crippen MR) is 115 cm³/mol. The van der Waals surface area contributed by atoms with E-state index in [1.54, 1.807) is 24.3 Å². The number of aryl methyl sites for hydroxylation is 1. The van der Waals surface area contributed by atoms with Crippen LogP contribution >= 0.6 is 11.6 Å². The average Bonchev–Trinajstić information content (AvgIpc) is 3.01. The molecule has 2 aromatic carbocycles. The van der Waals surface area contributed by atoms with E-state index >= 15 is 0 Å². The number of anilines is 1. The number of rotatable bonds is 4. The number of nitrogens with zero attached hydrogens (tertiary/aromatic N) is 1. The molecule has 0 saturated carbocycles. The van der Waals surface area contributed by atoms with Crippen molar-refractivity contribution in [3.05, 3.63) is 63.7 Å². The second-order valence-corrected chi connectivity index (χ2v) is 8.15.